The van der Waals surface area contributed by atoms with Gasteiger partial charge in [-0.1, -0.05) is 6.07 Å². The van der Waals surface area contributed by atoms with Crippen LogP contribution in [-0.4, -0.2) is 31.8 Å². The minimum Gasteiger partial charge on any atom is -0.505 e. The van der Waals surface area contributed by atoms with Crippen LogP contribution in [0.4, 0.5) is 27.7 Å². The van der Waals surface area contributed by atoms with Crippen LogP contribution in [0.25, 0.3) is 21.4 Å². The average Bonchev–Trinajstić information content (AvgIpc) is 3.21. The van der Waals surface area contributed by atoms with Crippen molar-refractivity contribution in [3.8, 4) is 11.6 Å². The second-order valence-electron chi connectivity index (χ2n) is 6.68. The summed E-state index contributed by atoms with van der Waals surface area (Å²) in [5, 5.41) is 26.3. The molecule has 12 nitrogen and oxygen atoms in total. The van der Waals surface area contributed by atoms with Crippen molar-refractivity contribution in [3.05, 3.63) is 71.8 Å². The first-order valence-electron chi connectivity index (χ1n) is 9.33. The molecule has 0 spiro atoms. The molecular formula is C21H15N9O3. The van der Waals surface area contributed by atoms with E-state index < -0.39 is 17.7 Å². The van der Waals surface area contributed by atoms with Gasteiger partial charge in [-0.25, -0.2) is 19.3 Å². The number of urea groups is 1. The number of aromatic hydroxyl groups is 1. The van der Waals surface area contributed by atoms with Gasteiger partial charge in [0.25, 0.3) is 11.6 Å². The van der Waals surface area contributed by atoms with Crippen LogP contribution in [0.2, 0.25) is 0 Å². The van der Waals surface area contributed by atoms with Gasteiger partial charge in [0.15, 0.2) is 17.4 Å². The number of carbonyl (C=O) groups excluding carboxylic acids is 2. The van der Waals surface area contributed by atoms with E-state index in [1.54, 1.807) is 30.5 Å². The first-order chi connectivity index (χ1) is 15.9. The number of hydrogen-bond donors (Lipinski definition) is 4. The SMILES string of the molecule is [C-]#[N+]c1cnn(-c2ccccn2)c1/N=N/c1c(O)c(C(N)=O)cc2cc(NC(N)=O)ccc12. The highest BCUT2D eigenvalue weighted by Gasteiger charge is 2.18. The quantitative estimate of drug-likeness (QED) is 0.272. The molecular weight excluding hydrogens is 426 g/mol. The van der Waals surface area contributed by atoms with Crippen LogP contribution in [0.5, 0.6) is 5.75 Å². The summed E-state index contributed by atoms with van der Waals surface area (Å²) in [5.74, 6) is -0.890. The molecule has 0 radical (unpaired) electrons. The average molecular weight is 441 g/mol. The third kappa shape index (κ3) is 4.01. The number of phenols is 1. The van der Waals surface area contributed by atoms with Gasteiger partial charge in [-0.15, -0.1) is 10.2 Å². The van der Waals surface area contributed by atoms with Crippen LogP contribution < -0.4 is 16.8 Å². The van der Waals surface area contributed by atoms with Crippen LogP contribution >= 0.6 is 0 Å². The summed E-state index contributed by atoms with van der Waals surface area (Å²) in [4.78, 5) is 30.6. The molecule has 162 valence electrons. The number of rotatable bonds is 5. The smallest absolute Gasteiger partial charge is 0.316 e. The van der Waals surface area contributed by atoms with Gasteiger partial charge in [-0.05, 0) is 41.8 Å². The fraction of sp³-hybridized carbons (Fsp3) is 0. The number of nitrogens with one attached hydrogen (secondary N) is 1. The largest absolute Gasteiger partial charge is 0.505 e. The number of nitrogens with zero attached hydrogens (tertiary/aromatic N) is 6. The van der Waals surface area contributed by atoms with Crippen molar-refractivity contribution >= 4 is 45.6 Å². The lowest BCUT2D eigenvalue weighted by Crippen LogP contribution is -2.19. The van der Waals surface area contributed by atoms with Crippen molar-refractivity contribution in [1.82, 2.24) is 14.8 Å². The molecule has 2 heterocycles. The van der Waals surface area contributed by atoms with E-state index in [9.17, 15) is 14.7 Å². The lowest BCUT2D eigenvalue weighted by atomic mass is 10.0. The number of anilines is 1. The zero-order valence-electron chi connectivity index (χ0n) is 16.8. The summed E-state index contributed by atoms with van der Waals surface area (Å²) >= 11 is 0. The number of fused-ring (bicyclic) bond motifs is 1. The lowest BCUT2D eigenvalue weighted by Gasteiger charge is -2.10. The summed E-state index contributed by atoms with van der Waals surface area (Å²) in [7, 11) is 0. The Hall–Kier alpha value is -5.31. The highest BCUT2D eigenvalue weighted by atomic mass is 16.3. The molecule has 0 aliphatic carbocycles. The molecule has 12 heteroatoms. The van der Waals surface area contributed by atoms with E-state index in [4.69, 9.17) is 18.0 Å². The van der Waals surface area contributed by atoms with E-state index in [-0.39, 0.29) is 22.8 Å². The number of primary amides is 2. The Morgan fingerprint density at radius 1 is 1.15 bits per heavy atom. The number of amides is 3. The molecule has 0 saturated heterocycles. The van der Waals surface area contributed by atoms with E-state index in [1.165, 1.54) is 29.1 Å². The molecule has 33 heavy (non-hydrogen) atoms. The molecule has 2 aromatic heterocycles. The van der Waals surface area contributed by atoms with Crippen molar-refractivity contribution in [2.24, 2.45) is 21.7 Å². The van der Waals surface area contributed by atoms with Gasteiger partial charge in [-0.3, -0.25) is 4.79 Å². The van der Waals surface area contributed by atoms with Crippen molar-refractivity contribution in [2.45, 2.75) is 0 Å². The van der Waals surface area contributed by atoms with Gasteiger partial charge < -0.3 is 21.9 Å². The number of azo groups is 1. The Labute approximate surface area is 186 Å². The van der Waals surface area contributed by atoms with E-state index in [0.29, 0.717) is 22.3 Å². The molecule has 0 bridgehead atoms. The molecule has 6 N–H and O–H groups in total. The van der Waals surface area contributed by atoms with Crippen LogP contribution in [-0.2, 0) is 0 Å². The summed E-state index contributed by atoms with van der Waals surface area (Å²) in [6.45, 7) is 7.38. The molecule has 4 aromatic rings. The van der Waals surface area contributed by atoms with E-state index >= 15 is 0 Å². The zero-order chi connectivity index (χ0) is 23.5. The third-order valence-corrected chi connectivity index (χ3v) is 4.58. The lowest BCUT2D eigenvalue weighted by molar-refractivity contribution is 0.0998. The number of hydrogen-bond acceptors (Lipinski definition) is 7. The number of aromatic nitrogens is 3. The first-order valence-corrected chi connectivity index (χ1v) is 9.33. The Bertz CT molecular complexity index is 1470. The second-order valence-corrected chi connectivity index (χ2v) is 6.68. The summed E-state index contributed by atoms with van der Waals surface area (Å²) in [5.41, 5.74) is 10.8. The Morgan fingerprint density at radius 3 is 2.64 bits per heavy atom. The fourth-order valence-corrected chi connectivity index (χ4v) is 3.14. The highest BCUT2D eigenvalue weighted by Crippen LogP contribution is 2.41. The molecule has 3 amide bonds. The molecule has 0 fully saturated rings. The van der Waals surface area contributed by atoms with Gasteiger partial charge in [0, 0.05) is 17.3 Å². The highest BCUT2D eigenvalue weighted by molar-refractivity contribution is 6.07. The summed E-state index contributed by atoms with van der Waals surface area (Å²) in [6.07, 6.45) is 2.87. The minimum absolute atomic E-state index is 0.0587. The van der Waals surface area contributed by atoms with Gasteiger partial charge in [0.05, 0.1) is 18.3 Å². The topological polar surface area (TPSA) is 178 Å². The molecule has 0 aliphatic heterocycles. The number of pyridine rings is 1. The number of benzene rings is 2. The second kappa shape index (κ2) is 8.44. The van der Waals surface area contributed by atoms with Crippen LogP contribution in [0.15, 0.2) is 65.1 Å². The molecule has 2 aromatic carbocycles. The van der Waals surface area contributed by atoms with Gasteiger partial charge >= 0.3 is 6.03 Å². The molecule has 0 saturated carbocycles. The summed E-state index contributed by atoms with van der Waals surface area (Å²) in [6, 6.07) is 10.4. The first kappa shape index (κ1) is 20.9. The number of carbonyl (C=O) groups is 2. The van der Waals surface area contributed by atoms with Gasteiger partial charge in [-0.2, -0.15) is 5.10 Å². The monoisotopic (exact) mass is 441 g/mol. The van der Waals surface area contributed by atoms with Crippen LogP contribution in [0.1, 0.15) is 10.4 Å². The van der Waals surface area contributed by atoms with Crippen LogP contribution in [0.3, 0.4) is 0 Å². The maximum Gasteiger partial charge on any atom is 0.316 e. The van der Waals surface area contributed by atoms with Gasteiger partial charge in [0.1, 0.15) is 5.69 Å². The maximum atomic E-state index is 11.9. The number of nitrogens with two attached hydrogens (primary N) is 2. The molecule has 0 atom stereocenters. The predicted molar refractivity (Wildman–Crippen MR) is 119 cm³/mol. The zero-order valence-corrected chi connectivity index (χ0v) is 16.8. The normalized spacial score (nSPS) is 10.9. The van der Waals surface area contributed by atoms with E-state index in [1.807, 2.05) is 0 Å². The predicted octanol–water partition coefficient (Wildman–Crippen LogP) is 3.68. The molecule has 0 aliphatic rings. The van der Waals surface area contributed by atoms with Gasteiger partial charge in [0.2, 0.25) is 0 Å². The van der Waals surface area contributed by atoms with Crippen molar-refractivity contribution in [3.63, 3.8) is 0 Å². The molecule has 4 rings (SSSR count). The maximum absolute atomic E-state index is 11.9. The van der Waals surface area contributed by atoms with Crippen molar-refractivity contribution < 1.29 is 14.7 Å². The van der Waals surface area contributed by atoms with Crippen LogP contribution in [0, 0.1) is 6.57 Å². The minimum atomic E-state index is -0.889. The van der Waals surface area contributed by atoms with Crippen molar-refractivity contribution in [1.29, 1.82) is 0 Å². The summed E-state index contributed by atoms with van der Waals surface area (Å²) < 4.78 is 1.32. The Kier molecular flexibility index (Phi) is 5.35. The third-order valence-electron chi connectivity index (χ3n) is 4.58. The van der Waals surface area contributed by atoms with E-state index in [2.05, 4.69) is 30.5 Å². The Morgan fingerprint density at radius 2 is 1.97 bits per heavy atom. The molecule has 0 unspecified atom stereocenters. The van der Waals surface area contributed by atoms with E-state index in [0.717, 1.165) is 0 Å². The standard InChI is InChI=1S/C21H15N9O3/c1-24-15-10-26-30(16-4-2-3-7-25-16)20(15)29-28-17-13-6-5-12(27-21(23)33)8-11(13)9-14(18(17)31)19(22)32/h2-10,31H,(H2,22,32)(H3,23,27,33)/b29-28+. The Balaban J connectivity index is 1.90. The van der Waals surface area contributed by atoms with Crippen molar-refractivity contribution in [2.75, 3.05) is 5.32 Å². The fourth-order valence-electron chi connectivity index (χ4n) is 3.14.